The van der Waals surface area contributed by atoms with Gasteiger partial charge >= 0.3 is 0 Å². The lowest BCUT2D eigenvalue weighted by Gasteiger charge is -2.13. The van der Waals surface area contributed by atoms with Gasteiger partial charge in [0.05, 0.1) is 10.1 Å². The molecule has 2 N–H and O–H groups in total. The monoisotopic (exact) mass is 423 g/mol. The third-order valence-electron chi connectivity index (χ3n) is 3.69. The highest BCUT2D eigenvalue weighted by atomic mass is 32.2. The number of hydrogen-bond donors (Lipinski definition) is 2. The van der Waals surface area contributed by atoms with Crippen molar-refractivity contribution in [2.75, 3.05) is 5.32 Å². The summed E-state index contributed by atoms with van der Waals surface area (Å²) in [5, 5.41) is 11.1. The number of thioether (sulfide) groups is 1. The second-order valence-corrected chi connectivity index (χ2v) is 9.50. The van der Waals surface area contributed by atoms with Crippen LogP contribution in [-0.4, -0.2) is 40.4 Å². The van der Waals surface area contributed by atoms with Crippen molar-refractivity contribution in [2.45, 2.75) is 55.6 Å². The van der Waals surface area contributed by atoms with E-state index in [1.807, 2.05) is 11.5 Å². The van der Waals surface area contributed by atoms with Crippen LogP contribution in [0.15, 0.2) is 47.0 Å². The lowest BCUT2D eigenvalue weighted by Crippen LogP contribution is -2.30. The van der Waals surface area contributed by atoms with Crippen molar-refractivity contribution in [3.63, 3.8) is 0 Å². The average molecular weight is 424 g/mol. The zero-order valence-electron chi connectivity index (χ0n) is 16.3. The predicted molar refractivity (Wildman–Crippen MR) is 111 cm³/mol. The molecule has 0 aliphatic rings. The highest BCUT2D eigenvalue weighted by Crippen LogP contribution is 2.24. The Morgan fingerprint density at radius 3 is 2.46 bits per heavy atom. The summed E-state index contributed by atoms with van der Waals surface area (Å²) in [7, 11) is -3.56. The quantitative estimate of drug-likeness (QED) is 0.474. The molecule has 0 aliphatic heterocycles. The van der Waals surface area contributed by atoms with Crippen LogP contribution in [0.5, 0.6) is 0 Å². The molecule has 0 saturated carbocycles. The van der Waals surface area contributed by atoms with Crippen LogP contribution >= 0.6 is 11.8 Å². The molecule has 2 aromatic rings. The molecule has 0 radical (unpaired) electrons. The second-order valence-electron chi connectivity index (χ2n) is 6.48. The molecule has 8 nitrogen and oxygen atoms in total. The van der Waals surface area contributed by atoms with Gasteiger partial charge in [-0.25, -0.2) is 13.1 Å². The molecule has 0 unspecified atom stereocenters. The van der Waals surface area contributed by atoms with E-state index in [0.717, 1.165) is 5.82 Å². The van der Waals surface area contributed by atoms with Crippen LogP contribution in [0, 0.1) is 6.92 Å². The summed E-state index contributed by atoms with van der Waals surface area (Å²) in [5.41, 5.74) is 0.518. The van der Waals surface area contributed by atoms with E-state index in [9.17, 15) is 13.2 Å². The first-order valence-corrected chi connectivity index (χ1v) is 11.1. The molecular formula is C18H25N5O3S2. The van der Waals surface area contributed by atoms with Crippen LogP contribution in [0.3, 0.4) is 0 Å². The van der Waals surface area contributed by atoms with E-state index in [4.69, 9.17) is 0 Å². The number of hydrogen-bond acceptors (Lipinski definition) is 6. The summed E-state index contributed by atoms with van der Waals surface area (Å²) < 4.78 is 28.7. The Hall–Kier alpha value is -2.17. The number of anilines is 1. The molecule has 1 aromatic carbocycles. The average Bonchev–Trinajstić information content (AvgIpc) is 2.95. The maximum absolute atomic E-state index is 12.5. The summed E-state index contributed by atoms with van der Waals surface area (Å²) >= 11 is 1.30. The van der Waals surface area contributed by atoms with Crippen molar-refractivity contribution >= 4 is 33.4 Å². The standard InChI is InChI=1S/C18H25N5O3S2/c1-6-11-23-14(5)20-21-18(23)27-13(4)17(24)19-15-7-9-16(10-8-15)28(25,26)22-12(2)3/h6-10,12-13,22H,1,11H2,2-5H3,(H,19,24)/t13-/m0/s1. The summed E-state index contributed by atoms with van der Waals surface area (Å²) in [5.74, 6) is 0.536. The van der Waals surface area contributed by atoms with Gasteiger partial charge in [-0.05, 0) is 52.0 Å². The molecule has 0 bridgehead atoms. The number of rotatable bonds is 9. The van der Waals surface area contributed by atoms with Crippen molar-refractivity contribution in [2.24, 2.45) is 0 Å². The lowest BCUT2D eigenvalue weighted by atomic mass is 10.3. The van der Waals surface area contributed by atoms with E-state index < -0.39 is 15.3 Å². The summed E-state index contributed by atoms with van der Waals surface area (Å²) in [6, 6.07) is 5.85. The van der Waals surface area contributed by atoms with Crippen LogP contribution in [0.2, 0.25) is 0 Å². The Morgan fingerprint density at radius 1 is 1.25 bits per heavy atom. The highest BCUT2D eigenvalue weighted by Gasteiger charge is 2.20. The predicted octanol–water partition coefficient (Wildman–Crippen LogP) is 2.58. The molecule has 28 heavy (non-hydrogen) atoms. The number of amides is 1. The third kappa shape index (κ3) is 5.66. The van der Waals surface area contributed by atoms with E-state index >= 15 is 0 Å². The molecular weight excluding hydrogens is 398 g/mol. The first-order valence-electron chi connectivity index (χ1n) is 8.74. The Bertz CT molecular complexity index is 937. The molecule has 0 spiro atoms. The van der Waals surface area contributed by atoms with Crippen molar-refractivity contribution in [1.29, 1.82) is 0 Å². The zero-order valence-corrected chi connectivity index (χ0v) is 18.0. The molecule has 1 heterocycles. The Morgan fingerprint density at radius 2 is 1.89 bits per heavy atom. The number of nitrogens with one attached hydrogen (secondary N) is 2. The van der Waals surface area contributed by atoms with Gasteiger partial charge in [0.15, 0.2) is 5.16 Å². The fraction of sp³-hybridized carbons (Fsp3) is 0.389. The first-order chi connectivity index (χ1) is 13.1. The molecule has 1 aromatic heterocycles. The van der Waals surface area contributed by atoms with E-state index in [2.05, 4.69) is 26.8 Å². The fourth-order valence-corrected chi connectivity index (χ4v) is 4.49. The van der Waals surface area contributed by atoms with Gasteiger partial charge < -0.3 is 9.88 Å². The zero-order chi connectivity index (χ0) is 20.9. The Labute approximate surface area is 169 Å². The van der Waals surface area contributed by atoms with Gasteiger partial charge in [-0.15, -0.1) is 16.8 Å². The van der Waals surface area contributed by atoms with Gasteiger partial charge in [0.1, 0.15) is 5.82 Å². The first kappa shape index (κ1) is 22.1. The topological polar surface area (TPSA) is 106 Å². The summed E-state index contributed by atoms with van der Waals surface area (Å²) in [6.45, 7) is 11.4. The number of benzene rings is 1. The number of sulfonamides is 1. The maximum atomic E-state index is 12.5. The van der Waals surface area contributed by atoms with Crippen LogP contribution in [-0.2, 0) is 21.4 Å². The smallest absolute Gasteiger partial charge is 0.240 e. The minimum Gasteiger partial charge on any atom is -0.325 e. The van der Waals surface area contributed by atoms with Crippen LogP contribution in [0.1, 0.15) is 26.6 Å². The normalized spacial score (nSPS) is 12.8. The van der Waals surface area contributed by atoms with Gasteiger partial charge in [0.2, 0.25) is 15.9 Å². The van der Waals surface area contributed by atoms with Gasteiger partial charge in [-0.2, -0.15) is 0 Å². The number of carbonyl (C=O) groups excluding carboxylic acids is 1. The van der Waals surface area contributed by atoms with Crippen LogP contribution < -0.4 is 10.0 Å². The van der Waals surface area contributed by atoms with Crippen molar-refractivity contribution in [1.82, 2.24) is 19.5 Å². The van der Waals surface area contributed by atoms with E-state index in [0.29, 0.717) is 17.4 Å². The minimum atomic E-state index is -3.56. The molecule has 0 aliphatic carbocycles. The fourth-order valence-electron chi connectivity index (χ4n) is 2.34. The number of allylic oxidation sites excluding steroid dienone is 1. The number of aryl methyl sites for hydroxylation is 1. The van der Waals surface area contributed by atoms with Gasteiger partial charge in [0, 0.05) is 18.3 Å². The minimum absolute atomic E-state index is 0.148. The van der Waals surface area contributed by atoms with E-state index in [1.165, 1.54) is 23.9 Å². The number of nitrogens with zero attached hydrogens (tertiary/aromatic N) is 3. The van der Waals surface area contributed by atoms with Crippen LogP contribution in [0.25, 0.3) is 0 Å². The molecule has 152 valence electrons. The molecule has 2 rings (SSSR count). The van der Waals surface area contributed by atoms with E-state index in [1.54, 1.807) is 39.0 Å². The largest absolute Gasteiger partial charge is 0.325 e. The lowest BCUT2D eigenvalue weighted by molar-refractivity contribution is -0.115. The van der Waals surface area contributed by atoms with E-state index in [-0.39, 0.29) is 16.8 Å². The van der Waals surface area contributed by atoms with Crippen LogP contribution in [0.4, 0.5) is 5.69 Å². The van der Waals surface area contributed by atoms with Crippen molar-refractivity contribution in [3.8, 4) is 0 Å². The molecule has 1 atom stereocenters. The SMILES string of the molecule is C=CCn1c(C)nnc1S[C@@H](C)C(=O)Nc1ccc(S(=O)(=O)NC(C)C)cc1. The van der Waals surface area contributed by atoms with Gasteiger partial charge in [0.25, 0.3) is 0 Å². The second kappa shape index (κ2) is 9.35. The molecule has 1 amide bonds. The molecule has 0 saturated heterocycles. The van der Waals surface area contributed by atoms with Crippen molar-refractivity contribution < 1.29 is 13.2 Å². The van der Waals surface area contributed by atoms with Crippen molar-refractivity contribution in [3.05, 3.63) is 42.7 Å². The molecule has 0 fully saturated rings. The van der Waals surface area contributed by atoms with Gasteiger partial charge in [-0.1, -0.05) is 17.8 Å². The summed E-state index contributed by atoms with van der Waals surface area (Å²) in [4.78, 5) is 12.6. The maximum Gasteiger partial charge on any atom is 0.240 e. The summed E-state index contributed by atoms with van der Waals surface area (Å²) in [6.07, 6.45) is 1.74. The third-order valence-corrected chi connectivity index (χ3v) is 6.44. The van der Waals surface area contributed by atoms with Gasteiger partial charge in [-0.3, -0.25) is 4.79 Å². The molecule has 10 heteroatoms. The number of carbonyl (C=O) groups is 1. The highest BCUT2D eigenvalue weighted by molar-refractivity contribution is 8.00. The Kier molecular flexibility index (Phi) is 7.39. The number of aromatic nitrogens is 3. The Balaban J connectivity index is 2.03.